The zero-order chi connectivity index (χ0) is 19.1. The second-order valence-corrected chi connectivity index (χ2v) is 7.96. The number of aromatic nitrogens is 2. The second kappa shape index (κ2) is 7.05. The highest BCUT2D eigenvalue weighted by Crippen LogP contribution is 2.40. The zero-order valence-corrected chi connectivity index (χ0v) is 16.2. The number of hydrogen-bond acceptors (Lipinski definition) is 5. The summed E-state index contributed by atoms with van der Waals surface area (Å²) in [6.07, 6.45) is 6.55. The molecule has 2 unspecified atom stereocenters. The molecule has 2 atom stereocenters. The predicted octanol–water partition coefficient (Wildman–Crippen LogP) is 2.30. The van der Waals surface area contributed by atoms with Crippen molar-refractivity contribution in [3.8, 4) is 0 Å². The highest BCUT2D eigenvalue weighted by atomic mass is 16.2. The minimum absolute atomic E-state index is 0.0730. The van der Waals surface area contributed by atoms with Crippen molar-refractivity contribution in [2.75, 3.05) is 11.9 Å². The van der Waals surface area contributed by atoms with Crippen molar-refractivity contribution < 1.29 is 4.79 Å². The largest absolute Gasteiger partial charge is 0.307 e. The number of nitrogens with zero attached hydrogens (tertiary/aromatic N) is 5. The number of carbonyl (C=O) groups is 1. The Hall–Kier alpha value is -2.67. The molecule has 5 rings (SSSR count). The van der Waals surface area contributed by atoms with Crippen molar-refractivity contribution in [3.63, 3.8) is 0 Å². The third kappa shape index (κ3) is 3.20. The van der Waals surface area contributed by atoms with Crippen LogP contribution in [0.5, 0.6) is 0 Å². The van der Waals surface area contributed by atoms with Gasteiger partial charge in [0.2, 0.25) is 5.91 Å². The van der Waals surface area contributed by atoms with Crippen molar-refractivity contribution in [1.82, 2.24) is 20.2 Å². The SMILES string of the molecule is CN1C(=O)C(N2NC=NC2Cc2ccccc2)CCCn2nc(C3CC3)cc21. The number of aryl methyl sites for hydroxylation is 1. The molecule has 1 saturated carbocycles. The fourth-order valence-electron chi connectivity index (χ4n) is 4.21. The Labute approximate surface area is 165 Å². The van der Waals surface area contributed by atoms with Gasteiger partial charge >= 0.3 is 0 Å². The fraction of sp³-hybridized carbons (Fsp3) is 0.476. The van der Waals surface area contributed by atoms with Gasteiger partial charge in [-0.05, 0) is 31.2 Å². The first-order valence-corrected chi connectivity index (χ1v) is 10.2. The summed E-state index contributed by atoms with van der Waals surface area (Å²) >= 11 is 0. The Bertz CT molecular complexity index is 888. The molecule has 1 aliphatic carbocycles. The Kier molecular flexibility index (Phi) is 4.39. The van der Waals surface area contributed by atoms with E-state index in [2.05, 4.69) is 28.6 Å². The summed E-state index contributed by atoms with van der Waals surface area (Å²) in [5.74, 6) is 1.60. The van der Waals surface area contributed by atoms with E-state index in [1.165, 1.54) is 18.4 Å². The maximum Gasteiger partial charge on any atom is 0.247 e. The molecule has 3 heterocycles. The molecule has 1 N–H and O–H groups in total. The number of hydrogen-bond donors (Lipinski definition) is 1. The van der Waals surface area contributed by atoms with Gasteiger partial charge in [-0.25, -0.2) is 4.68 Å². The average Bonchev–Trinajstić information content (AvgIpc) is 3.33. The molecular weight excluding hydrogens is 352 g/mol. The molecule has 1 amide bonds. The lowest BCUT2D eigenvalue weighted by molar-refractivity contribution is -0.125. The van der Waals surface area contributed by atoms with E-state index in [0.717, 1.165) is 37.3 Å². The van der Waals surface area contributed by atoms with E-state index >= 15 is 0 Å². The maximum atomic E-state index is 13.4. The lowest BCUT2D eigenvalue weighted by atomic mass is 10.1. The van der Waals surface area contributed by atoms with Gasteiger partial charge in [0, 0.05) is 32.0 Å². The van der Waals surface area contributed by atoms with Crippen LogP contribution in [0.15, 0.2) is 41.4 Å². The molecule has 2 aliphatic heterocycles. The number of aliphatic imine (C=N–C) groups is 1. The van der Waals surface area contributed by atoms with Gasteiger partial charge in [-0.2, -0.15) is 10.1 Å². The number of anilines is 1. The predicted molar refractivity (Wildman–Crippen MR) is 108 cm³/mol. The first-order chi connectivity index (χ1) is 13.7. The summed E-state index contributed by atoms with van der Waals surface area (Å²) < 4.78 is 2.01. The molecule has 1 aromatic carbocycles. The minimum atomic E-state index is -0.241. The number of rotatable bonds is 4. The lowest BCUT2D eigenvalue weighted by Gasteiger charge is -2.34. The van der Waals surface area contributed by atoms with Crippen LogP contribution in [-0.4, -0.2) is 46.3 Å². The minimum Gasteiger partial charge on any atom is -0.307 e. The van der Waals surface area contributed by atoms with Crippen molar-refractivity contribution >= 4 is 18.1 Å². The summed E-state index contributed by atoms with van der Waals surface area (Å²) in [4.78, 5) is 19.8. The van der Waals surface area contributed by atoms with Crippen LogP contribution in [-0.2, 0) is 17.8 Å². The van der Waals surface area contributed by atoms with Gasteiger partial charge in [-0.1, -0.05) is 30.3 Å². The molecule has 7 nitrogen and oxygen atoms in total. The number of benzene rings is 1. The standard InChI is InChI=1S/C21H26N6O/c1-25-20-13-17(16-9-10-16)24-26(20)11-5-8-18(21(25)28)27-19(22-14-23-27)12-15-6-3-2-4-7-15/h2-4,6-7,13-14,16,18-19H,5,8-12H2,1H3,(H,22,23). The number of fused-ring (bicyclic) bond motifs is 1. The van der Waals surface area contributed by atoms with Crippen LogP contribution in [0.3, 0.4) is 0 Å². The van der Waals surface area contributed by atoms with Crippen molar-refractivity contribution in [2.24, 2.45) is 4.99 Å². The zero-order valence-electron chi connectivity index (χ0n) is 16.2. The number of hydrazine groups is 1. The van der Waals surface area contributed by atoms with Crippen molar-refractivity contribution in [3.05, 3.63) is 47.7 Å². The molecule has 0 bridgehead atoms. The van der Waals surface area contributed by atoms with Gasteiger partial charge in [0.05, 0.1) is 12.0 Å². The molecule has 0 saturated heterocycles. The molecule has 3 aliphatic rings. The van der Waals surface area contributed by atoms with Crippen LogP contribution in [0, 0.1) is 0 Å². The van der Waals surface area contributed by atoms with E-state index in [0.29, 0.717) is 5.92 Å². The third-order valence-electron chi connectivity index (χ3n) is 5.95. The Balaban J connectivity index is 1.37. The van der Waals surface area contributed by atoms with Crippen LogP contribution in [0.1, 0.15) is 42.9 Å². The van der Waals surface area contributed by atoms with Crippen LogP contribution in [0.2, 0.25) is 0 Å². The highest BCUT2D eigenvalue weighted by Gasteiger charge is 2.38. The van der Waals surface area contributed by atoms with E-state index in [1.54, 1.807) is 11.2 Å². The van der Waals surface area contributed by atoms with E-state index in [-0.39, 0.29) is 18.1 Å². The van der Waals surface area contributed by atoms with Gasteiger partial charge in [0.25, 0.3) is 0 Å². The summed E-state index contributed by atoms with van der Waals surface area (Å²) in [6.45, 7) is 0.841. The number of nitrogens with one attached hydrogen (secondary N) is 1. The summed E-state index contributed by atoms with van der Waals surface area (Å²) in [6, 6.07) is 12.2. The highest BCUT2D eigenvalue weighted by molar-refractivity contribution is 5.96. The lowest BCUT2D eigenvalue weighted by Crippen LogP contribution is -2.55. The quantitative estimate of drug-likeness (QED) is 0.887. The van der Waals surface area contributed by atoms with Gasteiger partial charge in [-0.15, -0.1) is 0 Å². The summed E-state index contributed by atoms with van der Waals surface area (Å²) in [7, 11) is 1.87. The van der Waals surface area contributed by atoms with Gasteiger partial charge in [0.1, 0.15) is 18.0 Å². The molecule has 0 spiro atoms. The van der Waals surface area contributed by atoms with Gasteiger partial charge < -0.3 is 5.43 Å². The normalized spacial score (nSPS) is 25.3. The van der Waals surface area contributed by atoms with Gasteiger partial charge in [0.15, 0.2) is 0 Å². The number of likely N-dealkylation sites (N-methyl/N-ethyl adjacent to an activating group) is 1. The average molecular weight is 378 g/mol. The first kappa shape index (κ1) is 17.4. The second-order valence-electron chi connectivity index (χ2n) is 7.96. The van der Waals surface area contributed by atoms with E-state index in [4.69, 9.17) is 5.10 Å². The molecule has 0 radical (unpaired) electrons. The number of amides is 1. The number of carbonyl (C=O) groups excluding carboxylic acids is 1. The van der Waals surface area contributed by atoms with Crippen LogP contribution >= 0.6 is 0 Å². The Morgan fingerprint density at radius 3 is 2.79 bits per heavy atom. The summed E-state index contributed by atoms with van der Waals surface area (Å²) in [5.41, 5.74) is 5.58. The Morgan fingerprint density at radius 1 is 1.18 bits per heavy atom. The van der Waals surface area contributed by atoms with Crippen molar-refractivity contribution in [2.45, 2.75) is 56.8 Å². The van der Waals surface area contributed by atoms with E-state index in [9.17, 15) is 4.79 Å². The molecule has 7 heteroatoms. The Morgan fingerprint density at radius 2 is 2.00 bits per heavy atom. The monoisotopic (exact) mass is 378 g/mol. The molecule has 28 heavy (non-hydrogen) atoms. The van der Waals surface area contributed by atoms with Crippen molar-refractivity contribution in [1.29, 1.82) is 0 Å². The molecular formula is C21H26N6O. The van der Waals surface area contributed by atoms with Crippen LogP contribution in [0.25, 0.3) is 0 Å². The molecule has 146 valence electrons. The topological polar surface area (TPSA) is 65.8 Å². The molecule has 2 aromatic rings. The fourth-order valence-corrected chi connectivity index (χ4v) is 4.21. The first-order valence-electron chi connectivity index (χ1n) is 10.2. The smallest absolute Gasteiger partial charge is 0.247 e. The maximum absolute atomic E-state index is 13.4. The van der Waals surface area contributed by atoms with Crippen LogP contribution in [0.4, 0.5) is 5.82 Å². The molecule has 1 fully saturated rings. The van der Waals surface area contributed by atoms with E-state index < -0.39 is 0 Å². The van der Waals surface area contributed by atoms with Gasteiger partial charge in [-0.3, -0.25) is 14.7 Å². The van der Waals surface area contributed by atoms with E-state index in [1.807, 2.05) is 34.9 Å². The van der Waals surface area contributed by atoms with Crippen LogP contribution < -0.4 is 10.3 Å². The molecule has 1 aromatic heterocycles. The summed E-state index contributed by atoms with van der Waals surface area (Å²) in [5, 5.41) is 6.79. The third-order valence-corrected chi connectivity index (χ3v) is 5.95.